The lowest BCUT2D eigenvalue weighted by atomic mass is 10.1. The van der Waals surface area contributed by atoms with E-state index in [0.29, 0.717) is 21.8 Å². The van der Waals surface area contributed by atoms with Gasteiger partial charge in [0, 0.05) is 5.56 Å². The highest BCUT2D eigenvalue weighted by molar-refractivity contribution is 7.12. The van der Waals surface area contributed by atoms with Gasteiger partial charge in [0.25, 0.3) is 5.91 Å². The van der Waals surface area contributed by atoms with Crippen molar-refractivity contribution in [2.75, 3.05) is 11.9 Å². The quantitative estimate of drug-likeness (QED) is 0.833. The van der Waals surface area contributed by atoms with E-state index < -0.39 is 0 Å². The van der Waals surface area contributed by atoms with Crippen molar-refractivity contribution < 1.29 is 9.90 Å². The Balaban J connectivity index is 2.31. The van der Waals surface area contributed by atoms with E-state index in [-0.39, 0.29) is 12.5 Å². The van der Waals surface area contributed by atoms with Gasteiger partial charge in [-0.05, 0) is 31.5 Å². The van der Waals surface area contributed by atoms with Crippen LogP contribution in [-0.4, -0.2) is 22.6 Å². The van der Waals surface area contributed by atoms with Gasteiger partial charge in [0.15, 0.2) is 0 Å². The van der Waals surface area contributed by atoms with Crippen molar-refractivity contribution in [1.82, 2.24) is 4.98 Å². The predicted octanol–water partition coefficient (Wildman–Crippen LogP) is 2.36. The number of hydrogen-bond acceptors (Lipinski definition) is 4. The van der Waals surface area contributed by atoms with Crippen LogP contribution in [0.15, 0.2) is 23.7 Å². The van der Waals surface area contributed by atoms with E-state index in [1.54, 1.807) is 12.4 Å². The molecule has 1 heterocycles. The van der Waals surface area contributed by atoms with E-state index in [1.807, 2.05) is 25.1 Å². The van der Waals surface area contributed by atoms with Crippen molar-refractivity contribution in [3.05, 3.63) is 45.4 Å². The molecule has 1 aromatic carbocycles. The molecular formula is C15H14N2O2S. The van der Waals surface area contributed by atoms with E-state index in [1.165, 1.54) is 11.3 Å². The average molecular weight is 286 g/mol. The van der Waals surface area contributed by atoms with Gasteiger partial charge in [-0.15, -0.1) is 11.3 Å². The lowest BCUT2D eigenvalue weighted by Crippen LogP contribution is -2.12. The van der Waals surface area contributed by atoms with Crippen molar-refractivity contribution in [2.45, 2.75) is 13.8 Å². The second-order valence-corrected chi connectivity index (χ2v) is 5.08. The maximum Gasteiger partial charge on any atom is 0.267 e. The van der Waals surface area contributed by atoms with Gasteiger partial charge in [-0.3, -0.25) is 4.79 Å². The number of thiazole rings is 1. The highest BCUT2D eigenvalue weighted by Crippen LogP contribution is 2.20. The molecule has 0 unspecified atom stereocenters. The maximum absolute atomic E-state index is 12.2. The van der Waals surface area contributed by atoms with Crippen LogP contribution in [-0.2, 0) is 0 Å². The Labute approximate surface area is 121 Å². The first-order valence-corrected chi connectivity index (χ1v) is 6.91. The van der Waals surface area contributed by atoms with Gasteiger partial charge in [-0.2, -0.15) is 0 Å². The zero-order valence-corrected chi connectivity index (χ0v) is 12.0. The van der Waals surface area contributed by atoms with Crippen LogP contribution in [0.1, 0.15) is 26.5 Å². The molecule has 0 radical (unpaired) electrons. The van der Waals surface area contributed by atoms with E-state index in [9.17, 15) is 4.79 Å². The summed E-state index contributed by atoms with van der Waals surface area (Å²) < 4.78 is 0. The zero-order valence-electron chi connectivity index (χ0n) is 11.2. The molecule has 2 N–H and O–H groups in total. The van der Waals surface area contributed by atoms with Crippen molar-refractivity contribution >= 4 is 22.9 Å². The third kappa shape index (κ3) is 3.23. The fraction of sp³-hybridized carbons (Fsp3) is 0.200. The molecule has 0 fully saturated rings. The summed E-state index contributed by atoms with van der Waals surface area (Å²) in [6, 6.07) is 5.60. The molecule has 0 bridgehead atoms. The van der Waals surface area contributed by atoms with E-state index >= 15 is 0 Å². The molecular weight excluding hydrogens is 272 g/mol. The van der Waals surface area contributed by atoms with Gasteiger partial charge in [-0.1, -0.05) is 17.9 Å². The number of aryl methyl sites for hydroxylation is 2. The van der Waals surface area contributed by atoms with Crippen LogP contribution < -0.4 is 5.32 Å². The van der Waals surface area contributed by atoms with Crippen LogP contribution in [0.3, 0.4) is 0 Å². The lowest BCUT2D eigenvalue weighted by molar-refractivity contribution is 0.103. The Kier molecular flexibility index (Phi) is 4.51. The number of carbonyl (C=O) groups excluding carboxylic acids is 1. The molecule has 0 spiro atoms. The van der Waals surface area contributed by atoms with Gasteiger partial charge in [0.2, 0.25) is 0 Å². The first kappa shape index (κ1) is 14.3. The van der Waals surface area contributed by atoms with Crippen molar-refractivity contribution in [3.63, 3.8) is 0 Å². The Hall–Kier alpha value is -2.16. The minimum Gasteiger partial charge on any atom is -0.384 e. The summed E-state index contributed by atoms with van der Waals surface area (Å²) >= 11 is 1.31. The highest BCUT2D eigenvalue weighted by atomic mass is 32.1. The molecule has 1 amide bonds. The minimum absolute atomic E-state index is 0.192. The SMILES string of the molecule is Cc1ccc(C#CCO)c(NC(=O)c2scnc2C)c1. The van der Waals surface area contributed by atoms with Gasteiger partial charge in [0.1, 0.15) is 11.5 Å². The average Bonchev–Trinajstić information content (AvgIpc) is 2.84. The van der Waals surface area contributed by atoms with E-state index in [4.69, 9.17) is 5.11 Å². The number of aromatic nitrogens is 1. The largest absolute Gasteiger partial charge is 0.384 e. The summed E-state index contributed by atoms with van der Waals surface area (Å²) in [5, 5.41) is 11.6. The second-order valence-electron chi connectivity index (χ2n) is 4.23. The topological polar surface area (TPSA) is 62.2 Å². The third-order valence-electron chi connectivity index (χ3n) is 2.68. The number of rotatable bonds is 2. The Morgan fingerprint density at radius 2 is 2.25 bits per heavy atom. The number of benzene rings is 1. The maximum atomic E-state index is 12.2. The molecule has 5 heteroatoms. The molecule has 0 aliphatic carbocycles. The van der Waals surface area contributed by atoms with Crippen LogP contribution >= 0.6 is 11.3 Å². The molecule has 0 saturated heterocycles. The van der Waals surface area contributed by atoms with Gasteiger partial charge in [-0.25, -0.2) is 4.98 Å². The molecule has 0 saturated carbocycles. The van der Waals surface area contributed by atoms with Crippen LogP contribution in [0.2, 0.25) is 0 Å². The minimum atomic E-state index is -0.213. The monoisotopic (exact) mass is 286 g/mol. The van der Waals surface area contributed by atoms with Crippen LogP contribution in [0.4, 0.5) is 5.69 Å². The summed E-state index contributed by atoms with van der Waals surface area (Å²) in [6.45, 7) is 3.53. The van der Waals surface area contributed by atoms with Crippen molar-refractivity contribution in [3.8, 4) is 11.8 Å². The summed E-state index contributed by atoms with van der Waals surface area (Å²) in [6.07, 6.45) is 0. The van der Waals surface area contributed by atoms with Crippen LogP contribution in [0.25, 0.3) is 0 Å². The molecule has 102 valence electrons. The molecule has 0 aliphatic rings. The van der Waals surface area contributed by atoms with Gasteiger partial charge in [0.05, 0.1) is 16.9 Å². The molecule has 4 nitrogen and oxygen atoms in total. The first-order valence-electron chi connectivity index (χ1n) is 6.03. The van der Waals surface area contributed by atoms with Gasteiger partial charge < -0.3 is 10.4 Å². The van der Waals surface area contributed by atoms with Crippen LogP contribution in [0, 0.1) is 25.7 Å². The predicted molar refractivity (Wildman–Crippen MR) is 79.9 cm³/mol. The molecule has 0 atom stereocenters. The molecule has 2 aromatic rings. The Bertz CT molecular complexity index is 695. The molecule has 0 aliphatic heterocycles. The summed E-state index contributed by atoms with van der Waals surface area (Å²) in [5.41, 5.74) is 4.70. The summed E-state index contributed by atoms with van der Waals surface area (Å²) in [5.74, 6) is 5.22. The number of aliphatic hydroxyl groups is 1. The van der Waals surface area contributed by atoms with E-state index in [2.05, 4.69) is 22.1 Å². The standard InChI is InChI=1S/C15H14N2O2S/c1-10-5-6-12(4-3-7-18)13(8-10)17-15(19)14-11(2)16-9-20-14/h5-6,8-9,18H,7H2,1-2H3,(H,17,19). The fourth-order valence-electron chi connectivity index (χ4n) is 1.70. The zero-order chi connectivity index (χ0) is 14.5. The van der Waals surface area contributed by atoms with Crippen molar-refractivity contribution in [2.24, 2.45) is 0 Å². The van der Waals surface area contributed by atoms with Crippen molar-refractivity contribution in [1.29, 1.82) is 0 Å². The Morgan fingerprint density at radius 3 is 2.90 bits per heavy atom. The number of hydrogen-bond donors (Lipinski definition) is 2. The number of carbonyl (C=O) groups is 1. The number of anilines is 1. The third-order valence-corrected chi connectivity index (χ3v) is 3.60. The molecule has 2 rings (SSSR count). The highest BCUT2D eigenvalue weighted by Gasteiger charge is 2.13. The number of aliphatic hydroxyl groups excluding tert-OH is 1. The van der Waals surface area contributed by atoms with Crippen LogP contribution in [0.5, 0.6) is 0 Å². The first-order chi connectivity index (χ1) is 9.61. The Morgan fingerprint density at radius 1 is 1.45 bits per heavy atom. The number of nitrogens with one attached hydrogen (secondary N) is 1. The van der Waals surface area contributed by atoms with E-state index in [0.717, 1.165) is 5.56 Å². The second kappa shape index (κ2) is 6.33. The number of nitrogens with zero attached hydrogens (tertiary/aromatic N) is 1. The summed E-state index contributed by atoms with van der Waals surface area (Å²) in [7, 11) is 0. The lowest BCUT2D eigenvalue weighted by Gasteiger charge is -2.08. The smallest absolute Gasteiger partial charge is 0.267 e. The number of amides is 1. The molecule has 20 heavy (non-hydrogen) atoms. The molecule has 1 aromatic heterocycles. The summed E-state index contributed by atoms with van der Waals surface area (Å²) in [4.78, 5) is 16.9. The normalized spacial score (nSPS) is 9.75. The van der Waals surface area contributed by atoms with Gasteiger partial charge >= 0.3 is 0 Å². The fourth-order valence-corrected chi connectivity index (χ4v) is 2.40.